The molecule has 1 saturated heterocycles. The molecular weight excluding hydrogens is 140 g/mol. The Hall–Kier alpha value is -0.340. The first-order chi connectivity index (χ1) is 5.36. The molecule has 1 fully saturated rings. The van der Waals surface area contributed by atoms with Crippen LogP contribution in [0.3, 0.4) is 0 Å². The van der Waals surface area contributed by atoms with Gasteiger partial charge in [0.05, 0.1) is 13.2 Å². The lowest BCUT2D eigenvalue weighted by Crippen LogP contribution is -2.30. The maximum Gasteiger partial charge on any atom is 0.176 e. The van der Waals surface area contributed by atoms with Crippen LogP contribution in [-0.2, 0) is 9.47 Å². The number of hydrogen-bond donors (Lipinski definition) is 0. The Morgan fingerprint density at radius 2 is 2.09 bits per heavy atom. The van der Waals surface area contributed by atoms with E-state index in [9.17, 15) is 0 Å². The lowest BCUT2D eigenvalue weighted by Gasteiger charge is -2.27. The molecule has 0 unspecified atom stereocenters. The highest BCUT2D eigenvalue weighted by Crippen LogP contribution is 2.15. The summed E-state index contributed by atoms with van der Waals surface area (Å²) in [7, 11) is 0. The maximum absolute atomic E-state index is 5.40. The molecule has 11 heavy (non-hydrogen) atoms. The predicted octanol–water partition coefficient (Wildman–Crippen LogP) is 1.65. The van der Waals surface area contributed by atoms with Crippen LogP contribution in [0.15, 0.2) is 12.7 Å². The Labute approximate surface area is 68.2 Å². The van der Waals surface area contributed by atoms with E-state index in [1.807, 2.05) is 0 Å². The normalized spacial score (nSPS) is 31.7. The van der Waals surface area contributed by atoms with Crippen LogP contribution in [0.5, 0.6) is 0 Å². The zero-order chi connectivity index (χ0) is 8.10. The fraction of sp³-hybridized carbons (Fsp3) is 0.667. The third kappa shape index (κ3) is 2.64. The number of hydrogen-bond acceptors (Lipinski definition) is 2. The molecule has 1 aliphatic heterocycles. The molecule has 0 aromatic rings. The molecular formula is C9H14O2. The fourth-order valence-corrected chi connectivity index (χ4v) is 1.10. The van der Waals surface area contributed by atoms with Gasteiger partial charge < -0.3 is 9.47 Å². The molecule has 0 spiro atoms. The quantitative estimate of drug-likeness (QED) is 0.575. The second-order valence-corrected chi connectivity index (χ2v) is 2.71. The molecule has 1 heterocycles. The minimum Gasteiger partial charge on any atom is -0.349 e. The lowest BCUT2D eigenvalue weighted by molar-refractivity contribution is -0.174. The summed E-state index contributed by atoms with van der Waals surface area (Å²) >= 11 is 0. The van der Waals surface area contributed by atoms with Gasteiger partial charge in [-0.3, -0.25) is 0 Å². The Morgan fingerprint density at radius 3 is 2.55 bits per heavy atom. The molecule has 1 rings (SSSR count). The topological polar surface area (TPSA) is 18.5 Å². The SMILES string of the molecule is [CH]CCC1COC(C=C)OC1. The van der Waals surface area contributed by atoms with Gasteiger partial charge >= 0.3 is 0 Å². The first-order valence-electron chi connectivity index (χ1n) is 3.92. The molecule has 2 nitrogen and oxygen atoms in total. The van der Waals surface area contributed by atoms with Gasteiger partial charge in [-0.1, -0.05) is 6.58 Å². The summed E-state index contributed by atoms with van der Waals surface area (Å²) in [6.07, 6.45) is 3.14. The van der Waals surface area contributed by atoms with Crippen molar-refractivity contribution in [2.45, 2.75) is 19.1 Å². The highest BCUT2D eigenvalue weighted by atomic mass is 16.7. The van der Waals surface area contributed by atoms with Crippen molar-refractivity contribution in [3.8, 4) is 0 Å². The van der Waals surface area contributed by atoms with Crippen LogP contribution in [0, 0.1) is 12.8 Å². The molecule has 62 valence electrons. The molecule has 1 aliphatic rings. The van der Waals surface area contributed by atoms with Crippen molar-refractivity contribution in [1.29, 1.82) is 0 Å². The Bertz CT molecular complexity index is 115. The van der Waals surface area contributed by atoms with Crippen LogP contribution in [0.25, 0.3) is 0 Å². The number of ether oxygens (including phenoxy) is 2. The summed E-state index contributed by atoms with van der Waals surface area (Å²) in [5.74, 6) is 0.469. The third-order valence-electron chi connectivity index (χ3n) is 1.76. The minimum atomic E-state index is -0.205. The maximum atomic E-state index is 5.40. The molecule has 0 aromatic carbocycles. The molecule has 0 aliphatic carbocycles. The van der Waals surface area contributed by atoms with E-state index in [0.29, 0.717) is 12.3 Å². The molecule has 0 bridgehead atoms. The van der Waals surface area contributed by atoms with Crippen molar-refractivity contribution in [2.75, 3.05) is 13.2 Å². The van der Waals surface area contributed by atoms with Gasteiger partial charge in [-0.25, -0.2) is 0 Å². The van der Waals surface area contributed by atoms with Gasteiger partial charge in [0.15, 0.2) is 6.29 Å². The van der Waals surface area contributed by atoms with Crippen LogP contribution >= 0.6 is 0 Å². The summed E-state index contributed by atoms with van der Waals surface area (Å²) in [6, 6.07) is 0. The second-order valence-electron chi connectivity index (χ2n) is 2.71. The van der Waals surface area contributed by atoms with E-state index in [0.717, 1.165) is 19.6 Å². The second kappa shape index (κ2) is 4.52. The van der Waals surface area contributed by atoms with Gasteiger partial charge in [-0.2, -0.15) is 0 Å². The smallest absolute Gasteiger partial charge is 0.176 e. The number of rotatable bonds is 3. The first kappa shape index (κ1) is 8.75. The van der Waals surface area contributed by atoms with Gasteiger partial charge in [0.1, 0.15) is 0 Å². The summed E-state index contributed by atoms with van der Waals surface area (Å²) in [4.78, 5) is 0. The Kier molecular flexibility index (Phi) is 3.60. The average Bonchev–Trinajstić information content (AvgIpc) is 2.07. The monoisotopic (exact) mass is 154 g/mol. The average molecular weight is 154 g/mol. The zero-order valence-corrected chi connectivity index (χ0v) is 6.66. The van der Waals surface area contributed by atoms with Crippen LogP contribution in [0.2, 0.25) is 0 Å². The molecule has 2 radical (unpaired) electrons. The van der Waals surface area contributed by atoms with E-state index in [4.69, 9.17) is 16.4 Å². The van der Waals surface area contributed by atoms with Crippen molar-refractivity contribution in [3.05, 3.63) is 19.6 Å². The van der Waals surface area contributed by atoms with Crippen LogP contribution in [0.4, 0.5) is 0 Å². The first-order valence-corrected chi connectivity index (χ1v) is 3.92. The van der Waals surface area contributed by atoms with Gasteiger partial charge in [0.2, 0.25) is 0 Å². The van der Waals surface area contributed by atoms with Crippen LogP contribution < -0.4 is 0 Å². The summed E-state index contributed by atoms with van der Waals surface area (Å²) < 4.78 is 10.6. The Morgan fingerprint density at radius 1 is 1.45 bits per heavy atom. The van der Waals surface area contributed by atoms with Crippen molar-refractivity contribution in [3.63, 3.8) is 0 Å². The molecule has 0 atom stereocenters. The molecule has 0 amide bonds. The molecule has 0 N–H and O–H groups in total. The van der Waals surface area contributed by atoms with Crippen molar-refractivity contribution in [2.24, 2.45) is 5.92 Å². The predicted molar refractivity (Wildman–Crippen MR) is 42.9 cm³/mol. The van der Waals surface area contributed by atoms with E-state index >= 15 is 0 Å². The van der Waals surface area contributed by atoms with Crippen LogP contribution in [-0.4, -0.2) is 19.5 Å². The molecule has 0 aromatic heterocycles. The van der Waals surface area contributed by atoms with Gasteiger partial charge in [-0.15, -0.1) is 0 Å². The lowest BCUT2D eigenvalue weighted by atomic mass is 10.1. The standard InChI is InChI=1S/C9H14O2/c1-3-5-8-6-10-9(4-2)11-7-8/h1,4,8-9H,2-3,5-7H2. The minimum absolute atomic E-state index is 0.205. The van der Waals surface area contributed by atoms with E-state index in [2.05, 4.69) is 6.58 Å². The largest absolute Gasteiger partial charge is 0.349 e. The highest BCUT2D eigenvalue weighted by molar-refractivity contribution is 4.76. The van der Waals surface area contributed by atoms with Gasteiger partial charge in [-0.05, 0) is 25.8 Å². The van der Waals surface area contributed by atoms with Gasteiger partial charge in [0.25, 0.3) is 0 Å². The zero-order valence-electron chi connectivity index (χ0n) is 6.66. The van der Waals surface area contributed by atoms with Crippen LogP contribution in [0.1, 0.15) is 12.8 Å². The summed E-state index contributed by atoms with van der Waals surface area (Å²) in [5, 5.41) is 0. The van der Waals surface area contributed by atoms with Gasteiger partial charge in [0, 0.05) is 5.92 Å². The third-order valence-corrected chi connectivity index (χ3v) is 1.76. The van der Waals surface area contributed by atoms with E-state index in [1.165, 1.54) is 0 Å². The molecule has 0 saturated carbocycles. The summed E-state index contributed by atoms with van der Waals surface area (Å²) in [6.45, 7) is 10.5. The highest BCUT2D eigenvalue weighted by Gasteiger charge is 2.18. The molecule has 2 heteroatoms. The fourth-order valence-electron chi connectivity index (χ4n) is 1.10. The van der Waals surface area contributed by atoms with Crippen molar-refractivity contribution in [1.82, 2.24) is 0 Å². The summed E-state index contributed by atoms with van der Waals surface area (Å²) in [5.41, 5.74) is 0. The van der Waals surface area contributed by atoms with Crippen molar-refractivity contribution >= 4 is 0 Å². The van der Waals surface area contributed by atoms with E-state index in [1.54, 1.807) is 6.08 Å². The van der Waals surface area contributed by atoms with Crippen molar-refractivity contribution < 1.29 is 9.47 Å². The Balaban J connectivity index is 2.18. The van der Waals surface area contributed by atoms with E-state index in [-0.39, 0.29) is 6.29 Å². The van der Waals surface area contributed by atoms with E-state index < -0.39 is 0 Å².